The number of nitrogens with zero attached hydrogens (tertiary/aromatic N) is 2. The Morgan fingerprint density at radius 2 is 1.95 bits per heavy atom. The molecule has 22 heavy (non-hydrogen) atoms. The minimum absolute atomic E-state index is 0.489. The Labute approximate surface area is 127 Å². The third-order valence-corrected chi connectivity index (χ3v) is 3.69. The first-order valence-corrected chi connectivity index (χ1v) is 8.46. The molecule has 0 bridgehead atoms. The summed E-state index contributed by atoms with van der Waals surface area (Å²) in [6, 6.07) is 8.84. The number of anilines is 3. The molecule has 0 aliphatic rings. The van der Waals surface area contributed by atoms with E-state index in [4.69, 9.17) is 0 Å². The average Bonchev–Trinajstić information content (AvgIpc) is 2.80. The van der Waals surface area contributed by atoms with Gasteiger partial charge in [0.05, 0.1) is 28.5 Å². The van der Waals surface area contributed by atoms with E-state index in [0.717, 1.165) is 28.5 Å². The molecule has 0 saturated carbocycles. The number of fused-ring (bicyclic) bond motifs is 1. The van der Waals surface area contributed by atoms with Crippen LogP contribution in [0, 0.1) is 6.92 Å². The first-order chi connectivity index (χ1) is 10.4. The maximum atomic E-state index is 11.3. The van der Waals surface area contributed by atoms with Gasteiger partial charge in [-0.25, -0.2) is 13.4 Å². The lowest BCUT2D eigenvalue weighted by molar-refractivity contribution is 0.607. The van der Waals surface area contributed by atoms with Gasteiger partial charge in [-0.3, -0.25) is 9.82 Å². The number of aromatic amines is 1. The molecule has 0 atom stereocenters. The summed E-state index contributed by atoms with van der Waals surface area (Å²) < 4.78 is 25.0. The van der Waals surface area contributed by atoms with E-state index in [1.54, 1.807) is 24.4 Å². The van der Waals surface area contributed by atoms with Crippen molar-refractivity contribution in [3.05, 3.63) is 42.2 Å². The highest BCUT2D eigenvalue weighted by Crippen LogP contribution is 2.26. The van der Waals surface area contributed by atoms with E-state index in [1.807, 2.05) is 19.1 Å². The molecule has 0 radical (unpaired) electrons. The summed E-state index contributed by atoms with van der Waals surface area (Å²) in [7, 11) is -3.31. The summed E-state index contributed by atoms with van der Waals surface area (Å²) in [5.74, 6) is 0.667. The number of pyridine rings is 1. The average molecular weight is 317 g/mol. The second kappa shape index (κ2) is 5.30. The number of hydrogen-bond donors (Lipinski definition) is 3. The summed E-state index contributed by atoms with van der Waals surface area (Å²) in [6.07, 6.45) is 2.80. The third kappa shape index (κ3) is 3.01. The molecule has 0 saturated heterocycles. The van der Waals surface area contributed by atoms with E-state index in [9.17, 15) is 8.42 Å². The van der Waals surface area contributed by atoms with Crippen LogP contribution in [0.2, 0.25) is 0 Å². The molecule has 0 aliphatic heterocycles. The van der Waals surface area contributed by atoms with Crippen LogP contribution in [0.4, 0.5) is 17.2 Å². The highest BCUT2D eigenvalue weighted by atomic mass is 32.2. The molecule has 1 aromatic carbocycles. The summed E-state index contributed by atoms with van der Waals surface area (Å²) in [5.41, 5.74) is 2.95. The molecule has 3 rings (SSSR count). The predicted molar refractivity (Wildman–Crippen MR) is 86.8 cm³/mol. The number of aryl methyl sites for hydroxylation is 1. The molecule has 0 amide bonds. The number of aromatic nitrogens is 3. The van der Waals surface area contributed by atoms with Crippen molar-refractivity contribution in [3.63, 3.8) is 0 Å². The lowest BCUT2D eigenvalue weighted by atomic mass is 10.2. The quantitative estimate of drug-likeness (QED) is 0.686. The SMILES string of the molecule is Cc1n[nH]c2ccnc(Nc3cccc(NS(C)(=O)=O)c3)c12. The fourth-order valence-corrected chi connectivity index (χ4v) is 2.78. The van der Waals surface area contributed by atoms with Gasteiger partial charge < -0.3 is 5.32 Å². The molecule has 0 unspecified atom stereocenters. The monoisotopic (exact) mass is 317 g/mol. The normalized spacial score (nSPS) is 11.5. The van der Waals surface area contributed by atoms with Gasteiger partial charge in [-0.2, -0.15) is 5.10 Å². The van der Waals surface area contributed by atoms with Crippen LogP contribution in [0.25, 0.3) is 10.9 Å². The van der Waals surface area contributed by atoms with Crippen molar-refractivity contribution in [1.29, 1.82) is 0 Å². The maximum absolute atomic E-state index is 11.3. The maximum Gasteiger partial charge on any atom is 0.229 e. The Kier molecular flexibility index (Phi) is 3.45. The fourth-order valence-electron chi connectivity index (χ4n) is 2.23. The Hall–Kier alpha value is -2.61. The zero-order chi connectivity index (χ0) is 15.7. The molecule has 0 fully saturated rings. The second-order valence-corrected chi connectivity index (χ2v) is 6.72. The number of sulfonamides is 1. The van der Waals surface area contributed by atoms with E-state index in [0.29, 0.717) is 11.5 Å². The standard InChI is InChI=1S/C14H15N5O2S/c1-9-13-12(18-17-9)6-7-15-14(13)16-10-4-3-5-11(8-10)19-22(2,20)21/h3-8,19H,1-2H3,(H,15,16)(H,17,18). The second-order valence-electron chi connectivity index (χ2n) is 4.97. The van der Waals surface area contributed by atoms with Crippen molar-refractivity contribution in [1.82, 2.24) is 15.2 Å². The van der Waals surface area contributed by atoms with Crippen LogP contribution in [0.3, 0.4) is 0 Å². The lowest BCUT2D eigenvalue weighted by Crippen LogP contribution is -2.09. The number of benzene rings is 1. The minimum Gasteiger partial charge on any atom is -0.340 e. The van der Waals surface area contributed by atoms with Gasteiger partial charge in [0.25, 0.3) is 0 Å². The lowest BCUT2D eigenvalue weighted by Gasteiger charge is -2.09. The molecule has 7 nitrogen and oxygen atoms in total. The molecule has 0 spiro atoms. The molecule has 114 valence electrons. The smallest absolute Gasteiger partial charge is 0.229 e. The zero-order valence-electron chi connectivity index (χ0n) is 12.1. The third-order valence-electron chi connectivity index (χ3n) is 3.09. The van der Waals surface area contributed by atoms with Crippen LogP contribution in [0.5, 0.6) is 0 Å². The van der Waals surface area contributed by atoms with Crippen molar-refractivity contribution in [3.8, 4) is 0 Å². The Balaban J connectivity index is 1.95. The van der Waals surface area contributed by atoms with Gasteiger partial charge in [0.15, 0.2) is 0 Å². The summed E-state index contributed by atoms with van der Waals surface area (Å²) in [6.45, 7) is 1.90. The van der Waals surface area contributed by atoms with Gasteiger partial charge in [-0.15, -0.1) is 0 Å². The van der Waals surface area contributed by atoms with E-state index in [1.165, 1.54) is 0 Å². The summed E-state index contributed by atoms with van der Waals surface area (Å²) >= 11 is 0. The van der Waals surface area contributed by atoms with Crippen molar-refractivity contribution < 1.29 is 8.42 Å². The number of rotatable bonds is 4. The predicted octanol–water partition coefficient (Wildman–Crippen LogP) is 2.38. The Morgan fingerprint density at radius 3 is 2.73 bits per heavy atom. The van der Waals surface area contributed by atoms with Gasteiger partial charge in [0, 0.05) is 11.9 Å². The van der Waals surface area contributed by atoms with Gasteiger partial charge >= 0.3 is 0 Å². The molecule has 3 aromatic rings. The van der Waals surface area contributed by atoms with Crippen LogP contribution >= 0.6 is 0 Å². The van der Waals surface area contributed by atoms with Crippen molar-refractivity contribution in [2.45, 2.75) is 6.92 Å². The van der Waals surface area contributed by atoms with Crippen LogP contribution in [0.15, 0.2) is 36.5 Å². The van der Waals surface area contributed by atoms with Crippen molar-refractivity contribution in [2.24, 2.45) is 0 Å². The first kappa shape index (κ1) is 14.3. The van der Waals surface area contributed by atoms with Gasteiger partial charge in [-0.1, -0.05) is 6.07 Å². The van der Waals surface area contributed by atoms with Crippen molar-refractivity contribution in [2.75, 3.05) is 16.3 Å². The molecular weight excluding hydrogens is 302 g/mol. The van der Waals surface area contributed by atoms with Crippen LogP contribution in [-0.4, -0.2) is 29.9 Å². The number of nitrogens with one attached hydrogen (secondary N) is 3. The summed E-state index contributed by atoms with van der Waals surface area (Å²) in [4.78, 5) is 4.33. The van der Waals surface area contributed by atoms with E-state index in [2.05, 4.69) is 25.2 Å². The fraction of sp³-hybridized carbons (Fsp3) is 0.143. The topological polar surface area (TPSA) is 99.8 Å². The molecular formula is C14H15N5O2S. The van der Waals surface area contributed by atoms with Crippen LogP contribution < -0.4 is 10.0 Å². The highest BCUT2D eigenvalue weighted by Gasteiger charge is 2.09. The minimum atomic E-state index is -3.31. The highest BCUT2D eigenvalue weighted by molar-refractivity contribution is 7.92. The van der Waals surface area contributed by atoms with E-state index >= 15 is 0 Å². The molecule has 3 N–H and O–H groups in total. The largest absolute Gasteiger partial charge is 0.340 e. The number of H-pyrrole nitrogens is 1. The van der Waals surface area contributed by atoms with Gasteiger partial charge in [0.1, 0.15) is 5.82 Å². The van der Waals surface area contributed by atoms with Crippen LogP contribution in [0.1, 0.15) is 5.69 Å². The molecule has 2 aromatic heterocycles. The van der Waals surface area contributed by atoms with E-state index in [-0.39, 0.29) is 0 Å². The van der Waals surface area contributed by atoms with Gasteiger partial charge in [0.2, 0.25) is 10.0 Å². The Bertz CT molecular complexity index is 933. The van der Waals surface area contributed by atoms with Gasteiger partial charge in [-0.05, 0) is 31.2 Å². The van der Waals surface area contributed by atoms with E-state index < -0.39 is 10.0 Å². The first-order valence-electron chi connectivity index (χ1n) is 6.57. The molecule has 0 aliphatic carbocycles. The van der Waals surface area contributed by atoms with Crippen molar-refractivity contribution >= 4 is 38.1 Å². The molecule has 2 heterocycles. The van der Waals surface area contributed by atoms with Crippen LogP contribution in [-0.2, 0) is 10.0 Å². The Morgan fingerprint density at radius 1 is 1.18 bits per heavy atom. The molecule has 8 heteroatoms. The number of hydrogen-bond acceptors (Lipinski definition) is 5. The summed E-state index contributed by atoms with van der Waals surface area (Å²) in [5, 5.41) is 11.2. The zero-order valence-corrected chi connectivity index (χ0v) is 12.9.